The quantitative estimate of drug-likeness (QED) is 0.714. The maximum Gasteiger partial charge on any atom is 0.364 e. The second-order valence-electron chi connectivity index (χ2n) is 3.63. The lowest BCUT2D eigenvalue weighted by Gasteiger charge is -2.23. The van der Waals surface area contributed by atoms with E-state index in [0.29, 0.717) is 11.5 Å². The third-order valence-electron chi connectivity index (χ3n) is 2.55. The lowest BCUT2D eigenvalue weighted by molar-refractivity contribution is 0.269. The molecule has 0 aliphatic rings. The number of hydrogen-bond acceptors (Lipinski definition) is 5. The summed E-state index contributed by atoms with van der Waals surface area (Å²) in [5.74, 6) is 0.609. The Morgan fingerprint density at radius 2 is 2.38 bits per heavy atom. The number of nitrogens with one attached hydrogen (secondary N) is 1. The Morgan fingerprint density at radius 3 is 3.06 bits per heavy atom. The molecule has 0 spiro atoms. The average Bonchev–Trinajstić information content (AvgIpc) is 2.68. The predicted octanol–water partition coefficient (Wildman–Crippen LogP) is -0.765. The molecule has 0 amide bonds. The minimum atomic E-state index is -0.373. The summed E-state index contributed by atoms with van der Waals surface area (Å²) in [5.41, 5.74) is 0.0979. The van der Waals surface area contributed by atoms with Crippen molar-refractivity contribution >= 4 is 11.5 Å². The molecule has 0 aromatic carbocycles. The van der Waals surface area contributed by atoms with Crippen LogP contribution in [-0.2, 0) is 0 Å². The van der Waals surface area contributed by atoms with Crippen LogP contribution in [0.25, 0.3) is 5.65 Å². The molecule has 2 rings (SSSR count). The molecule has 0 bridgehead atoms. The van der Waals surface area contributed by atoms with Crippen molar-refractivity contribution in [3.05, 3.63) is 22.6 Å². The van der Waals surface area contributed by atoms with Crippen LogP contribution in [0.2, 0.25) is 0 Å². The topological polar surface area (TPSA) is 86.5 Å². The third kappa shape index (κ3) is 1.65. The van der Waals surface area contributed by atoms with Crippen LogP contribution in [0.5, 0.6) is 0 Å². The molecule has 86 valence electrons. The number of anilines is 1. The highest BCUT2D eigenvalue weighted by Gasteiger charge is 2.11. The summed E-state index contributed by atoms with van der Waals surface area (Å²) < 4.78 is 1.19. The minimum absolute atomic E-state index is 0.0243. The summed E-state index contributed by atoms with van der Waals surface area (Å²) in [6.07, 6.45) is 0. The van der Waals surface area contributed by atoms with Crippen molar-refractivity contribution < 1.29 is 5.11 Å². The number of aliphatic hydroxyl groups is 1. The van der Waals surface area contributed by atoms with E-state index in [1.165, 1.54) is 4.52 Å². The molecule has 2 aromatic rings. The number of aromatic amines is 1. The first-order valence-electron chi connectivity index (χ1n) is 4.91. The molecule has 16 heavy (non-hydrogen) atoms. The molecule has 0 radical (unpaired) electrons. The summed E-state index contributed by atoms with van der Waals surface area (Å²) in [6.45, 7) is 1.89. The maximum atomic E-state index is 11.3. The second kappa shape index (κ2) is 3.93. The van der Waals surface area contributed by atoms with Crippen LogP contribution in [0.1, 0.15) is 6.92 Å². The first kappa shape index (κ1) is 10.6. The number of fused-ring (bicyclic) bond motifs is 1. The normalized spacial score (nSPS) is 12.9. The van der Waals surface area contributed by atoms with E-state index < -0.39 is 0 Å². The third-order valence-corrected chi connectivity index (χ3v) is 2.55. The number of aliphatic hydroxyl groups excluding tert-OH is 1. The number of H-pyrrole nitrogens is 1. The Kier molecular flexibility index (Phi) is 2.61. The maximum absolute atomic E-state index is 11.3. The molecule has 0 aliphatic heterocycles. The Hall–Kier alpha value is -1.89. The zero-order valence-corrected chi connectivity index (χ0v) is 9.08. The van der Waals surface area contributed by atoms with Gasteiger partial charge in [0.05, 0.1) is 12.6 Å². The molecule has 1 atom stereocenters. The number of rotatable bonds is 3. The van der Waals surface area contributed by atoms with E-state index in [1.54, 1.807) is 24.1 Å². The molecule has 0 saturated carbocycles. The van der Waals surface area contributed by atoms with E-state index in [2.05, 4.69) is 15.3 Å². The standard InChI is InChI=1S/C9H13N5O2/c1-6(5-15)13(2)8-4-3-7-10-11-9(16)14(7)12-8/h3-4,6,15H,5H2,1-2H3,(H,11,16). The monoisotopic (exact) mass is 223 g/mol. The number of nitrogens with zero attached hydrogens (tertiary/aromatic N) is 4. The van der Waals surface area contributed by atoms with Crippen LogP contribution in [-0.4, -0.2) is 44.6 Å². The minimum Gasteiger partial charge on any atom is -0.394 e. The fourth-order valence-electron chi connectivity index (χ4n) is 1.33. The Morgan fingerprint density at radius 1 is 1.62 bits per heavy atom. The zero-order chi connectivity index (χ0) is 11.7. The van der Waals surface area contributed by atoms with E-state index in [1.807, 2.05) is 6.92 Å². The summed E-state index contributed by atoms with van der Waals surface area (Å²) in [4.78, 5) is 13.1. The van der Waals surface area contributed by atoms with Gasteiger partial charge in [-0.05, 0) is 19.1 Å². The van der Waals surface area contributed by atoms with Crippen LogP contribution < -0.4 is 10.6 Å². The largest absolute Gasteiger partial charge is 0.394 e. The Labute approximate surface area is 91.3 Å². The lowest BCUT2D eigenvalue weighted by atomic mass is 10.3. The molecular formula is C9H13N5O2. The van der Waals surface area contributed by atoms with E-state index in [0.717, 1.165) is 0 Å². The van der Waals surface area contributed by atoms with Gasteiger partial charge in [0.15, 0.2) is 5.65 Å². The molecule has 0 fully saturated rings. The van der Waals surface area contributed by atoms with E-state index in [-0.39, 0.29) is 18.3 Å². The van der Waals surface area contributed by atoms with E-state index >= 15 is 0 Å². The summed E-state index contributed by atoms with van der Waals surface area (Å²) >= 11 is 0. The number of likely N-dealkylation sites (N-methyl/N-ethyl adjacent to an activating group) is 1. The van der Waals surface area contributed by atoms with Crippen molar-refractivity contribution in [1.82, 2.24) is 19.8 Å². The number of hydrogen-bond donors (Lipinski definition) is 2. The van der Waals surface area contributed by atoms with Crippen molar-refractivity contribution in [3.8, 4) is 0 Å². The van der Waals surface area contributed by atoms with Gasteiger partial charge in [0.2, 0.25) is 0 Å². The van der Waals surface area contributed by atoms with Crippen molar-refractivity contribution in [2.24, 2.45) is 0 Å². The Balaban J connectivity index is 2.46. The smallest absolute Gasteiger partial charge is 0.364 e. The number of aromatic nitrogens is 4. The molecular weight excluding hydrogens is 210 g/mol. The summed E-state index contributed by atoms with van der Waals surface area (Å²) in [6, 6.07) is 3.38. The first-order chi connectivity index (χ1) is 7.63. The van der Waals surface area contributed by atoms with Crippen LogP contribution in [0.15, 0.2) is 16.9 Å². The lowest BCUT2D eigenvalue weighted by Crippen LogP contribution is -2.33. The molecule has 0 aliphatic carbocycles. The van der Waals surface area contributed by atoms with Gasteiger partial charge in [0, 0.05) is 7.05 Å². The van der Waals surface area contributed by atoms with Crippen molar-refractivity contribution in [2.75, 3.05) is 18.6 Å². The molecule has 0 saturated heterocycles. The van der Waals surface area contributed by atoms with Gasteiger partial charge in [-0.2, -0.15) is 9.61 Å². The van der Waals surface area contributed by atoms with Gasteiger partial charge >= 0.3 is 5.69 Å². The molecule has 2 heterocycles. The van der Waals surface area contributed by atoms with Gasteiger partial charge in [-0.1, -0.05) is 0 Å². The van der Waals surface area contributed by atoms with Crippen LogP contribution in [0, 0.1) is 0 Å². The second-order valence-corrected chi connectivity index (χ2v) is 3.63. The predicted molar refractivity (Wildman–Crippen MR) is 58.6 cm³/mol. The molecule has 2 N–H and O–H groups in total. The van der Waals surface area contributed by atoms with Gasteiger partial charge in [-0.25, -0.2) is 9.89 Å². The highest BCUT2D eigenvalue weighted by molar-refractivity contribution is 5.44. The van der Waals surface area contributed by atoms with E-state index in [9.17, 15) is 4.79 Å². The van der Waals surface area contributed by atoms with Gasteiger partial charge in [0.25, 0.3) is 0 Å². The van der Waals surface area contributed by atoms with Crippen molar-refractivity contribution in [2.45, 2.75) is 13.0 Å². The molecule has 2 aromatic heterocycles. The molecule has 1 unspecified atom stereocenters. The van der Waals surface area contributed by atoms with Crippen molar-refractivity contribution in [3.63, 3.8) is 0 Å². The SMILES string of the molecule is CC(CO)N(C)c1ccc2n[nH]c(=O)n2n1. The van der Waals surface area contributed by atoms with Crippen LogP contribution >= 0.6 is 0 Å². The van der Waals surface area contributed by atoms with Gasteiger partial charge in [-0.15, -0.1) is 5.10 Å². The fourth-order valence-corrected chi connectivity index (χ4v) is 1.33. The van der Waals surface area contributed by atoms with Gasteiger partial charge < -0.3 is 10.0 Å². The highest BCUT2D eigenvalue weighted by atomic mass is 16.3. The molecule has 7 heteroatoms. The van der Waals surface area contributed by atoms with Crippen LogP contribution in [0.3, 0.4) is 0 Å². The van der Waals surface area contributed by atoms with E-state index in [4.69, 9.17) is 5.11 Å². The Bertz CT molecular complexity index is 546. The first-order valence-corrected chi connectivity index (χ1v) is 4.91. The van der Waals surface area contributed by atoms with Crippen molar-refractivity contribution in [1.29, 1.82) is 0 Å². The van der Waals surface area contributed by atoms with Gasteiger partial charge in [0.1, 0.15) is 5.82 Å². The fraction of sp³-hybridized carbons (Fsp3) is 0.444. The summed E-state index contributed by atoms with van der Waals surface area (Å²) in [7, 11) is 1.81. The van der Waals surface area contributed by atoms with Gasteiger partial charge in [-0.3, -0.25) is 0 Å². The summed E-state index contributed by atoms with van der Waals surface area (Å²) in [5, 5.41) is 19.3. The zero-order valence-electron chi connectivity index (χ0n) is 9.08. The van der Waals surface area contributed by atoms with Crippen LogP contribution in [0.4, 0.5) is 5.82 Å². The highest BCUT2D eigenvalue weighted by Crippen LogP contribution is 2.10. The molecule has 7 nitrogen and oxygen atoms in total. The average molecular weight is 223 g/mol.